The van der Waals surface area contributed by atoms with Crippen molar-refractivity contribution >= 4 is 46.5 Å². The number of nitrogens with two attached hydrogens (primary N) is 1. The summed E-state index contributed by atoms with van der Waals surface area (Å²) in [5, 5.41) is 8.20. The number of hydrogen-bond acceptors (Lipinski definition) is 8. The largest absolute Gasteiger partial charge is 0.425 e. The Labute approximate surface area is 259 Å². The number of carbonyl (C=O) groups excluding carboxylic acids is 2. The average molecular weight is 617 g/mol. The predicted molar refractivity (Wildman–Crippen MR) is 170 cm³/mol. The number of fused-ring (bicyclic) bond motifs is 5. The molecule has 0 aliphatic heterocycles. The van der Waals surface area contributed by atoms with E-state index in [-0.39, 0.29) is 35.7 Å². The van der Waals surface area contributed by atoms with Gasteiger partial charge in [0.15, 0.2) is 5.13 Å². The minimum absolute atomic E-state index is 0. The van der Waals surface area contributed by atoms with Crippen molar-refractivity contribution in [1.29, 1.82) is 0 Å². The predicted octanol–water partition coefficient (Wildman–Crippen LogP) is 6.54. The second kappa shape index (κ2) is 12.6. The van der Waals surface area contributed by atoms with E-state index in [1.165, 1.54) is 22.5 Å². The maximum Gasteiger partial charge on any atom is 0.325 e. The first-order valence-corrected chi connectivity index (χ1v) is 15.7. The molecule has 1 heterocycles. The van der Waals surface area contributed by atoms with Crippen LogP contribution in [-0.2, 0) is 26.3 Å². The highest BCUT2D eigenvalue weighted by molar-refractivity contribution is 7.15. The summed E-state index contributed by atoms with van der Waals surface area (Å²) in [7, 11) is 1.63. The number of oxime groups is 1. The normalized spacial score (nSPS) is 27.4. The first kappa shape index (κ1) is 32.4. The third kappa shape index (κ3) is 6.24. The number of carbonyl (C=O) groups is 2. The van der Waals surface area contributed by atoms with Crippen LogP contribution in [0.25, 0.3) is 0 Å². The summed E-state index contributed by atoms with van der Waals surface area (Å²) < 4.78 is 5.73. The molecular formula is C32H45ClN4O4S. The van der Waals surface area contributed by atoms with Crippen LogP contribution >= 0.6 is 23.7 Å². The summed E-state index contributed by atoms with van der Waals surface area (Å²) in [5.41, 5.74) is 10.2. The molecule has 5 atom stereocenters. The quantitative estimate of drug-likeness (QED) is 0.207. The maximum atomic E-state index is 12.9. The Bertz CT molecular complexity index is 1350. The van der Waals surface area contributed by atoms with E-state index in [1.807, 2.05) is 6.92 Å². The minimum Gasteiger partial charge on any atom is -0.425 e. The Morgan fingerprint density at radius 1 is 1.26 bits per heavy atom. The van der Waals surface area contributed by atoms with E-state index >= 15 is 0 Å². The van der Waals surface area contributed by atoms with E-state index < -0.39 is 5.97 Å². The van der Waals surface area contributed by atoms with Crippen LogP contribution < -0.4 is 15.8 Å². The van der Waals surface area contributed by atoms with Crippen molar-refractivity contribution < 1.29 is 19.2 Å². The van der Waals surface area contributed by atoms with E-state index in [1.54, 1.807) is 13.3 Å². The fraction of sp³-hybridized carbons (Fsp3) is 0.625. The zero-order valence-electron chi connectivity index (χ0n) is 25.6. The second-order valence-electron chi connectivity index (χ2n) is 13.3. The van der Waals surface area contributed by atoms with E-state index in [2.05, 4.69) is 55.3 Å². The van der Waals surface area contributed by atoms with Crippen molar-refractivity contribution in [2.45, 2.75) is 90.9 Å². The van der Waals surface area contributed by atoms with Gasteiger partial charge in [-0.25, -0.2) is 4.98 Å². The third-order valence-electron chi connectivity index (χ3n) is 9.71. The Morgan fingerprint density at radius 3 is 2.67 bits per heavy atom. The maximum absolute atomic E-state index is 12.9. The van der Waals surface area contributed by atoms with E-state index in [9.17, 15) is 9.59 Å². The van der Waals surface area contributed by atoms with Crippen LogP contribution in [0.4, 0.5) is 5.13 Å². The van der Waals surface area contributed by atoms with Gasteiger partial charge in [-0.05, 0) is 91.7 Å². The SMILES string of the molecule is CON=C1C[C@@H](CCC(=O)Nc2ncc(C)s2)C2C3CCc4cc(OC(=O)CN)c(C(C)(C)C)cc4C3CC[C@]12C.Cl. The van der Waals surface area contributed by atoms with Crippen LogP contribution in [0.5, 0.6) is 5.75 Å². The minimum atomic E-state index is -0.412. The molecule has 0 bridgehead atoms. The summed E-state index contributed by atoms with van der Waals surface area (Å²) in [6, 6.07) is 4.41. The van der Waals surface area contributed by atoms with Gasteiger partial charge in [0.1, 0.15) is 12.9 Å². The molecule has 10 heteroatoms. The van der Waals surface area contributed by atoms with E-state index in [0.29, 0.717) is 41.0 Å². The molecule has 1 aromatic carbocycles. The zero-order valence-corrected chi connectivity index (χ0v) is 27.3. The van der Waals surface area contributed by atoms with Crippen LogP contribution in [-0.4, -0.2) is 36.2 Å². The zero-order chi connectivity index (χ0) is 29.5. The lowest BCUT2D eigenvalue weighted by Gasteiger charge is -2.50. The fourth-order valence-electron chi connectivity index (χ4n) is 7.94. The molecule has 3 N–H and O–H groups in total. The van der Waals surface area contributed by atoms with Crippen molar-refractivity contribution in [3.63, 3.8) is 0 Å². The number of hydrogen-bond donors (Lipinski definition) is 2. The summed E-state index contributed by atoms with van der Waals surface area (Å²) in [6.07, 6.45) is 8.06. The molecule has 0 saturated heterocycles. The monoisotopic (exact) mass is 616 g/mol. The summed E-state index contributed by atoms with van der Waals surface area (Å²) in [4.78, 5) is 35.8. The number of nitrogens with one attached hydrogen (secondary N) is 1. The molecule has 1 amide bonds. The van der Waals surface area contributed by atoms with Gasteiger partial charge in [-0.2, -0.15) is 0 Å². The van der Waals surface area contributed by atoms with Gasteiger partial charge in [0, 0.05) is 28.5 Å². The lowest BCUT2D eigenvalue weighted by Crippen LogP contribution is -2.44. The number of benzene rings is 1. The van der Waals surface area contributed by atoms with Gasteiger partial charge in [-0.1, -0.05) is 38.9 Å². The number of ether oxygens (including phenoxy) is 1. The molecule has 42 heavy (non-hydrogen) atoms. The molecule has 0 spiro atoms. The van der Waals surface area contributed by atoms with Gasteiger partial charge in [0.2, 0.25) is 5.91 Å². The van der Waals surface area contributed by atoms with Crippen molar-refractivity contribution in [1.82, 2.24) is 4.98 Å². The topological polar surface area (TPSA) is 116 Å². The summed E-state index contributed by atoms with van der Waals surface area (Å²) in [6.45, 7) is 10.7. The van der Waals surface area contributed by atoms with Gasteiger partial charge in [-0.15, -0.1) is 23.7 Å². The van der Waals surface area contributed by atoms with Gasteiger partial charge in [0.25, 0.3) is 0 Å². The van der Waals surface area contributed by atoms with Crippen LogP contribution in [0.2, 0.25) is 0 Å². The fourth-order valence-corrected chi connectivity index (χ4v) is 8.62. The van der Waals surface area contributed by atoms with Crippen molar-refractivity contribution in [2.75, 3.05) is 19.0 Å². The molecule has 0 radical (unpaired) electrons. The van der Waals surface area contributed by atoms with Crippen molar-refractivity contribution in [3.05, 3.63) is 39.9 Å². The lowest BCUT2D eigenvalue weighted by atomic mass is 9.53. The Morgan fingerprint density at radius 2 is 2.02 bits per heavy atom. The molecular weight excluding hydrogens is 572 g/mol. The highest BCUT2D eigenvalue weighted by Crippen LogP contribution is 2.63. The number of halogens is 1. The van der Waals surface area contributed by atoms with Gasteiger partial charge in [0.05, 0.1) is 12.3 Å². The number of aromatic nitrogens is 1. The molecule has 230 valence electrons. The van der Waals surface area contributed by atoms with Crippen LogP contribution in [0.1, 0.15) is 93.7 Å². The number of thiazole rings is 1. The molecule has 3 aliphatic rings. The number of esters is 1. The van der Waals surface area contributed by atoms with Crippen molar-refractivity contribution in [2.24, 2.45) is 34.1 Å². The molecule has 1 aromatic heterocycles. The summed E-state index contributed by atoms with van der Waals surface area (Å²) in [5.74, 6) is 1.95. The van der Waals surface area contributed by atoms with Crippen LogP contribution in [0.15, 0.2) is 23.5 Å². The van der Waals surface area contributed by atoms with E-state index in [4.69, 9.17) is 15.3 Å². The molecule has 2 saturated carbocycles. The molecule has 2 fully saturated rings. The Balaban J connectivity index is 0.00000405. The smallest absolute Gasteiger partial charge is 0.325 e. The number of amides is 1. The summed E-state index contributed by atoms with van der Waals surface area (Å²) >= 11 is 1.50. The lowest BCUT2D eigenvalue weighted by molar-refractivity contribution is -0.132. The molecule has 3 unspecified atom stereocenters. The highest BCUT2D eigenvalue weighted by atomic mass is 35.5. The van der Waals surface area contributed by atoms with Gasteiger partial charge in [-0.3, -0.25) is 9.59 Å². The van der Waals surface area contributed by atoms with Gasteiger partial charge >= 0.3 is 5.97 Å². The number of rotatable bonds is 7. The number of aryl methyl sites for hydroxylation is 2. The molecule has 5 rings (SSSR count). The standard InChI is InChI=1S/C32H44N4O4S.ClH/c1-18-17-34-30(41-18)35-27(37)10-8-20-14-26(36-39-6)32(5)12-11-21-22(29(20)32)9-7-19-13-25(40-28(38)16-33)24(15-23(19)21)31(2,3)4;/h13,15,17,20-22,29H,7-12,14,16,33H2,1-6H3,(H,34,35,37);1H/t20-,21?,22?,29?,32-;/m1./s1. The van der Waals surface area contributed by atoms with Gasteiger partial charge < -0.3 is 20.6 Å². The number of anilines is 1. The first-order chi connectivity index (χ1) is 19.4. The second-order valence-corrected chi connectivity index (χ2v) is 14.5. The Hall–Kier alpha value is -2.49. The van der Waals surface area contributed by atoms with Crippen LogP contribution in [0.3, 0.4) is 0 Å². The van der Waals surface area contributed by atoms with E-state index in [0.717, 1.165) is 54.7 Å². The van der Waals surface area contributed by atoms with Crippen LogP contribution in [0, 0.1) is 30.1 Å². The number of nitrogens with zero attached hydrogens (tertiary/aromatic N) is 2. The highest BCUT2D eigenvalue weighted by Gasteiger charge is 2.57. The van der Waals surface area contributed by atoms with Crippen molar-refractivity contribution in [3.8, 4) is 5.75 Å². The third-order valence-corrected chi connectivity index (χ3v) is 10.5. The molecule has 3 aliphatic carbocycles. The molecule has 2 aromatic rings. The molecule has 8 nitrogen and oxygen atoms in total. The Kier molecular flexibility index (Phi) is 9.75. The average Bonchev–Trinajstić information content (AvgIpc) is 3.45. The first-order valence-electron chi connectivity index (χ1n) is 14.9.